The van der Waals surface area contributed by atoms with Crippen molar-refractivity contribution in [1.82, 2.24) is 9.55 Å². The van der Waals surface area contributed by atoms with Crippen LogP contribution in [0.25, 0.3) is 0 Å². The SMILES string of the molecule is CC([O-])=N[C@H]1[C@H]([C@H](O)[C@H](O)CO)O[C@](CCP(=O)(O)OC[C@H]2O[C@@H](n3ccc(N)nc3=O)[C@H](O)[C@@H]2O)(C(=O)[O-])C[C@@H]1O. The second kappa shape index (κ2) is 13.4. The normalized spacial score (nSPS) is 35.0. The number of nitrogens with two attached hydrogens (primary N) is 1. The average molecular weight is 624 g/mol. The molecule has 19 nitrogen and oxygen atoms in total. The first-order chi connectivity index (χ1) is 19.5. The predicted molar refractivity (Wildman–Crippen MR) is 133 cm³/mol. The van der Waals surface area contributed by atoms with Gasteiger partial charge in [0.15, 0.2) is 6.23 Å². The van der Waals surface area contributed by atoms with Crippen molar-refractivity contribution in [2.75, 3.05) is 25.1 Å². The molecule has 9 N–H and O–H groups in total. The number of aliphatic imine (C=N–C) groups is 1. The smallest absolute Gasteiger partial charge is 0.351 e. The van der Waals surface area contributed by atoms with Crippen LogP contribution in [0, 0.1) is 0 Å². The third-order valence-corrected chi connectivity index (χ3v) is 8.30. The Morgan fingerprint density at radius 1 is 1.33 bits per heavy atom. The van der Waals surface area contributed by atoms with Gasteiger partial charge in [-0.2, -0.15) is 4.98 Å². The molecule has 3 heterocycles. The molecule has 0 aromatic carbocycles. The second-order valence-corrected chi connectivity index (χ2v) is 12.0. The highest BCUT2D eigenvalue weighted by atomic mass is 31.2. The lowest BCUT2D eigenvalue weighted by Gasteiger charge is -2.48. The van der Waals surface area contributed by atoms with Gasteiger partial charge < -0.3 is 70.3 Å². The molecule has 2 aliphatic heterocycles. The number of carbonyl (C=O) groups excluding carboxylic acids is 1. The third kappa shape index (κ3) is 7.50. The summed E-state index contributed by atoms with van der Waals surface area (Å²) in [6, 6.07) is -0.329. The molecule has 0 radical (unpaired) electrons. The van der Waals surface area contributed by atoms with Gasteiger partial charge in [-0.3, -0.25) is 14.1 Å². The molecule has 0 saturated carbocycles. The summed E-state index contributed by atoms with van der Waals surface area (Å²) in [6.45, 7) is -0.795. The van der Waals surface area contributed by atoms with E-state index in [2.05, 4.69) is 9.98 Å². The van der Waals surface area contributed by atoms with E-state index < -0.39 is 118 Å². The highest BCUT2D eigenvalue weighted by Crippen LogP contribution is 2.47. The van der Waals surface area contributed by atoms with Crippen molar-refractivity contribution in [3.63, 3.8) is 0 Å². The quantitative estimate of drug-likeness (QED) is 0.0608. The van der Waals surface area contributed by atoms with Crippen molar-refractivity contribution in [2.45, 2.75) is 80.4 Å². The van der Waals surface area contributed by atoms with Crippen LogP contribution in [0.1, 0.15) is 26.0 Å². The number of carboxylic acid groups (broad SMARTS) is 1. The summed E-state index contributed by atoms with van der Waals surface area (Å²) in [4.78, 5) is 41.7. The zero-order valence-corrected chi connectivity index (χ0v) is 23.0. The van der Waals surface area contributed by atoms with Crippen molar-refractivity contribution >= 4 is 25.3 Å². The number of hydrogen-bond acceptors (Lipinski definition) is 17. The summed E-state index contributed by atoms with van der Waals surface area (Å²) >= 11 is 0. The Balaban J connectivity index is 1.72. The van der Waals surface area contributed by atoms with Crippen LogP contribution < -0.4 is 21.6 Å². The first-order valence-corrected chi connectivity index (χ1v) is 14.4. The molecule has 0 spiro atoms. The maximum Gasteiger partial charge on any atom is 0.351 e. The molecule has 0 amide bonds. The summed E-state index contributed by atoms with van der Waals surface area (Å²) in [7, 11) is -4.73. The Morgan fingerprint density at radius 2 is 2.00 bits per heavy atom. The number of carbonyl (C=O) groups is 1. The van der Waals surface area contributed by atoms with Gasteiger partial charge in [0, 0.05) is 12.6 Å². The molecule has 0 bridgehead atoms. The number of aliphatic carboxylic acids is 1. The predicted octanol–water partition coefficient (Wildman–Crippen LogP) is -6.46. The molecule has 238 valence electrons. The van der Waals surface area contributed by atoms with Gasteiger partial charge in [-0.05, 0) is 25.3 Å². The average Bonchev–Trinajstić information content (AvgIpc) is 3.19. The first kappa shape index (κ1) is 33.9. The van der Waals surface area contributed by atoms with Crippen molar-refractivity contribution in [2.24, 2.45) is 4.99 Å². The van der Waals surface area contributed by atoms with Crippen LogP contribution in [0.5, 0.6) is 0 Å². The van der Waals surface area contributed by atoms with Gasteiger partial charge in [0.05, 0.1) is 31.4 Å². The van der Waals surface area contributed by atoms with Crippen LogP contribution >= 0.6 is 7.60 Å². The molecule has 2 fully saturated rings. The largest absolute Gasteiger partial charge is 0.862 e. The number of rotatable bonds is 12. The first-order valence-electron chi connectivity index (χ1n) is 12.6. The van der Waals surface area contributed by atoms with Crippen LogP contribution in [0.3, 0.4) is 0 Å². The minimum Gasteiger partial charge on any atom is -0.862 e. The van der Waals surface area contributed by atoms with E-state index in [1.165, 1.54) is 6.07 Å². The van der Waals surface area contributed by atoms with Crippen LogP contribution in [0.4, 0.5) is 5.82 Å². The van der Waals surface area contributed by atoms with E-state index in [9.17, 15) is 59.9 Å². The van der Waals surface area contributed by atoms with E-state index in [0.717, 1.165) is 17.7 Å². The summed E-state index contributed by atoms with van der Waals surface area (Å²) in [5, 5.41) is 84.5. The molecule has 0 aliphatic carbocycles. The Morgan fingerprint density at radius 3 is 2.57 bits per heavy atom. The molecule has 20 heteroatoms. The number of aliphatic hydroxyl groups is 6. The fourth-order valence-corrected chi connectivity index (χ4v) is 5.86. The van der Waals surface area contributed by atoms with Gasteiger partial charge in [0.1, 0.15) is 54.1 Å². The molecule has 1 aromatic rings. The number of ether oxygens (including phenoxy) is 2. The standard InChI is InChI=1S/C22H35N4O15P/c1-9(28)24-14-10(29)6-22(20(34)35,41-18(14)15(31)11(30)7-27)3-5-42(37,38)39-8-12-16(32)17(33)19(40-12)26-4-2-13(23)25-21(26)36/h2,4,10-12,14-19,27,29-33H,3,5-8H2,1H3,(H,24,28)(H,34,35)(H,37,38)(H2,23,25,36)/p-2/t10-,11+,12+,14+,15+,16+,17+,18+,19+,22-/m0/s1. The van der Waals surface area contributed by atoms with Crippen LogP contribution in [0.2, 0.25) is 0 Å². The molecule has 1 unspecified atom stereocenters. The summed E-state index contributed by atoms with van der Waals surface area (Å²) in [5.74, 6) is -2.90. The third-order valence-electron chi connectivity index (χ3n) is 6.95. The lowest BCUT2D eigenvalue weighted by atomic mass is 9.82. The minimum atomic E-state index is -4.73. The monoisotopic (exact) mass is 624 g/mol. The Hall–Kier alpha value is -2.55. The lowest BCUT2D eigenvalue weighted by Crippen LogP contribution is -2.65. The number of nitrogens with zero attached hydrogens (tertiary/aromatic N) is 3. The number of nitrogen functional groups attached to an aromatic ring is 1. The van der Waals surface area contributed by atoms with Crippen molar-refractivity contribution in [3.05, 3.63) is 22.7 Å². The Kier molecular flexibility index (Phi) is 10.8. The van der Waals surface area contributed by atoms with E-state index in [-0.39, 0.29) is 5.82 Å². The lowest BCUT2D eigenvalue weighted by molar-refractivity contribution is -0.340. The molecular weight excluding hydrogens is 591 g/mol. The molecule has 2 aliphatic rings. The fourth-order valence-electron chi connectivity index (χ4n) is 4.71. The van der Waals surface area contributed by atoms with E-state index in [0.29, 0.717) is 0 Å². The van der Waals surface area contributed by atoms with Crippen molar-refractivity contribution in [1.29, 1.82) is 0 Å². The van der Waals surface area contributed by atoms with E-state index >= 15 is 0 Å². The molecule has 42 heavy (non-hydrogen) atoms. The second-order valence-electron chi connectivity index (χ2n) is 10.0. The number of hydrogen-bond donors (Lipinski definition) is 8. The molecule has 2 saturated heterocycles. The summed E-state index contributed by atoms with van der Waals surface area (Å²) in [6.07, 6.45) is -15.2. The molecule has 11 atom stereocenters. The van der Waals surface area contributed by atoms with Crippen molar-refractivity contribution < 1.29 is 69.1 Å². The zero-order chi connectivity index (χ0) is 31.6. The van der Waals surface area contributed by atoms with Gasteiger partial charge in [0.25, 0.3) is 0 Å². The van der Waals surface area contributed by atoms with E-state index in [1.54, 1.807) is 0 Å². The van der Waals surface area contributed by atoms with Crippen LogP contribution in [0.15, 0.2) is 22.1 Å². The maximum absolute atomic E-state index is 12.8. The van der Waals surface area contributed by atoms with Crippen LogP contribution in [-0.2, 0) is 23.4 Å². The zero-order valence-electron chi connectivity index (χ0n) is 22.1. The number of aliphatic hydroxyl groups excluding tert-OH is 6. The van der Waals surface area contributed by atoms with Gasteiger partial charge in [0.2, 0.25) is 0 Å². The number of aromatic nitrogens is 2. The van der Waals surface area contributed by atoms with E-state index in [4.69, 9.17) is 19.7 Å². The molecule has 1 aromatic heterocycles. The summed E-state index contributed by atoms with van der Waals surface area (Å²) in [5.41, 5.74) is 1.98. The van der Waals surface area contributed by atoms with Gasteiger partial charge in [-0.25, -0.2) is 4.79 Å². The summed E-state index contributed by atoms with van der Waals surface area (Å²) < 4.78 is 29.5. The molecular formula is C22H33N4O15P-2. The Labute approximate surface area is 237 Å². The van der Waals surface area contributed by atoms with Gasteiger partial charge >= 0.3 is 13.3 Å². The topological polar surface area (TPSA) is 323 Å². The van der Waals surface area contributed by atoms with Crippen LogP contribution in [-0.4, -0.2) is 131 Å². The minimum absolute atomic E-state index is 0.108. The maximum atomic E-state index is 12.8. The highest BCUT2D eigenvalue weighted by Gasteiger charge is 2.52. The Bertz CT molecular complexity index is 1240. The highest BCUT2D eigenvalue weighted by molar-refractivity contribution is 7.52. The number of carboxylic acids is 1. The molecule has 3 rings (SSSR count). The van der Waals surface area contributed by atoms with Gasteiger partial charge in [-0.1, -0.05) is 0 Å². The van der Waals surface area contributed by atoms with E-state index in [1.807, 2.05) is 0 Å². The number of anilines is 1. The van der Waals surface area contributed by atoms with Crippen molar-refractivity contribution in [3.8, 4) is 0 Å². The van der Waals surface area contributed by atoms with Gasteiger partial charge in [-0.15, -0.1) is 0 Å². The fraction of sp³-hybridized carbons (Fsp3) is 0.727.